The summed E-state index contributed by atoms with van der Waals surface area (Å²) in [6, 6.07) is 0. The zero-order valence-corrected chi connectivity index (χ0v) is 7.61. The first-order chi connectivity index (χ1) is 2.77. The Labute approximate surface area is 69.7 Å². The number of rotatable bonds is 2. The van der Waals surface area contributed by atoms with Gasteiger partial charge in [0.2, 0.25) is 0 Å². The Hall–Kier alpha value is 0.774. The van der Waals surface area contributed by atoms with E-state index in [2.05, 4.69) is 0 Å². The van der Waals surface area contributed by atoms with Crippen molar-refractivity contribution in [1.29, 1.82) is 0 Å². The predicted octanol–water partition coefficient (Wildman–Crippen LogP) is 1.14. The minimum atomic E-state index is 0. The Morgan fingerprint density at radius 1 is 1.57 bits per heavy atom. The summed E-state index contributed by atoms with van der Waals surface area (Å²) < 4.78 is 0. The van der Waals surface area contributed by atoms with Gasteiger partial charge in [0.25, 0.3) is 0 Å². The van der Waals surface area contributed by atoms with Crippen molar-refractivity contribution < 1.29 is 37.5 Å². The normalized spacial score (nSPS) is 7.86. The third kappa shape index (κ3) is 10.8. The van der Waals surface area contributed by atoms with E-state index < -0.39 is 0 Å². The van der Waals surface area contributed by atoms with Crippen molar-refractivity contribution in [1.82, 2.24) is 0 Å². The zero-order valence-electron chi connectivity index (χ0n) is 4.77. The van der Waals surface area contributed by atoms with E-state index in [-0.39, 0.29) is 32.7 Å². The van der Waals surface area contributed by atoms with Crippen LogP contribution in [0.4, 0.5) is 0 Å². The molecule has 0 aromatic carbocycles. The van der Waals surface area contributed by atoms with Crippen molar-refractivity contribution >= 4 is 6.29 Å². The second-order valence-electron chi connectivity index (χ2n) is 1.74. The van der Waals surface area contributed by atoms with Gasteiger partial charge < -0.3 is 4.79 Å². The van der Waals surface area contributed by atoms with E-state index in [4.69, 9.17) is 0 Å². The molecule has 0 atom stereocenters. The summed E-state index contributed by atoms with van der Waals surface area (Å²) in [4.78, 5) is 9.49. The van der Waals surface area contributed by atoms with Crippen LogP contribution >= 0.6 is 0 Å². The van der Waals surface area contributed by atoms with Crippen LogP contribution in [0.25, 0.3) is 0 Å². The van der Waals surface area contributed by atoms with Crippen molar-refractivity contribution in [3.8, 4) is 0 Å². The molecule has 2 heteroatoms. The fourth-order valence-corrected chi connectivity index (χ4v) is 0.167. The Morgan fingerprint density at radius 2 is 2.00 bits per heavy atom. The molecule has 7 heavy (non-hydrogen) atoms. The van der Waals surface area contributed by atoms with Crippen LogP contribution in [0, 0.1) is 5.92 Å². The molecule has 0 aromatic rings. The Balaban J connectivity index is 0. The molecule has 0 aliphatic rings. The van der Waals surface area contributed by atoms with Crippen molar-refractivity contribution in [2.24, 2.45) is 5.92 Å². The van der Waals surface area contributed by atoms with Crippen LogP contribution in [0.15, 0.2) is 0 Å². The van der Waals surface area contributed by atoms with Gasteiger partial charge in [-0.05, 0) is 0 Å². The van der Waals surface area contributed by atoms with Gasteiger partial charge in [-0.15, -0.1) is 0 Å². The molecule has 0 unspecified atom stereocenters. The van der Waals surface area contributed by atoms with Gasteiger partial charge in [0, 0.05) is 0 Å². The standard InChI is InChI=1S/C5H9O.Y/c1-5(2)3-4-6;/h5H,3H2,1-2H3;/q-1;+3. The maximum Gasteiger partial charge on any atom is 3.00 e. The minimum Gasteiger partial charge on any atom is -0.542 e. The largest absolute Gasteiger partial charge is 3.00 e. The van der Waals surface area contributed by atoms with Gasteiger partial charge in [0.15, 0.2) is 0 Å². The average molecular weight is 174 g/mol. The summed E-state index contributed by atoms with van der Waals surface area (Å²) in [5, 5.41) is 0. The number of hydrogen-bond acceptors (Lipinski definition) is 1. The maximum absolute atomic E-state index is 9.49. The molecule has 0 radical (unpaired) electrons. The summed E-state index contributed by atoms with van der Waals surface area (Å²) >= 11 is 0. The molecule has 0 saturated carbocycles. The molecule has 0 aromatic heterocycles. The Kier molecular flexibility index (Phi) is 10.4. The summed E-state index contributed by atoms with van der Waals surface area (Å²) in [6.45, 7) is 3.98. The zero-order chi connectivity index (χ0) is 4.99. The molecule has 0 amide bonds. The molecule has 0 heterocycles. The van der Waals surface area contributed by atoms with Gasteiger partial charge in [-0.25, -0.2) is 0 Å². The smallest absolute Gasteiger partial charge is 0.542 e. The topological polar surface area (TPSA) is 17.1 Å². The molecular weight excluding hydrogens is 165 g/mol. The van der Waals surface area contributed by atoms with Crippen LogP contribution < -0.4 is 0 Å². The third-order valence-corrected chi connectivity index (χ3v) is 0.492. The average Bonchev–Trinajstić information content (AvgIpc) is 1.35. The molecule has 36 valence electrons. The van der Waals surface area contributed by atoms with E-state index in [1.54, 1.807) is 0 Å². The fourth-order valence-electron chi connectivity index (χ4n) is 0.167. The number of carbonyl (C=O) groups excluding carboxylic acids is 1. The first-order valence-electron chi connectivity index (χ1n) is 2.12. The van der Waals surface area contributed by atoms with Gasteiger partial charge in [-0.1, -0.05) is 19.8 Å². The molecule has 0 aliphatic carbocycles. The molecule has 0 rings (SSSR count). The van der Waals surface area contributed by atoms with Crippen molar-refractivity contribution in [3.05, 3.63) is 0 Å². The van der Waals surface area contributed by atoms with Crippen LogP contribution in [-0.4, -0.2) is 6.29 Å². The van der Waals surface area contributed by atoms with Crippen molar-refractivity contribution in [2.45, 2.75) is 20.3 Å². The molecule has 0 N–H and O–H groups in total. The molecule has 0 spiro atoms. The molecule has 0 aliphatic heterocycles. The molecule has 0 saturated heterocycles. The SMILES string of the molecule is CC(C)C[C-]=O.[Y+3]. The first-order valence-corrected chi connectivity index (χ1v) is 2.12. The Bertz CT molecular complexity index is 43.3. The summed E-state index contributed by atoms with van der Waals surface area (Å²) in [6.07, 6.45) is 2.39. The maximum atomic E-state index is 9.49. The second kappa shape index (κ2) is 6.77. The predicted molar refractivity (Wildman–Crippen MR) is 25.1 cm³/mol. The van der Waals surface area contributed by atoms with E-state index in [1.165, 1.54) is 0 Å². The molecule has 0 fully saturated rings. The second-order valence-corrected chi connectivity index (χ2v) is 1.74. The fraction of sp³-hybridized carbons (Fsp3) is 0.800. The van der Waals surface area contributed by atoms with Crippen molar-refractivity contribution in [2.75, 3.05) is 0 Å². The first kappa shape index (κ1) is 10.7. The van der Waals surface area contributed by atoms with Gasteiger partial charge in [0.1, 0.15) is 0 Å². The van der Waals surface area contributed by atoms with Crippen LogP contribution in [0.2, 0.25) is 0 Å². The summed E-state index contributed by atoms with van der Waals surface area (Å²) in [5.74, 6) is 0.475. The van der Waals surface area contributed by atoms with E-state index in [0.29, 0.717) is 12.3 Å². The van der Waals surface area contributed by atoms with Gasteiger partial charge in [0.05, 0.1) is 0 Å². The van der Waals surface area contributed by atoms with E-state index in [9.17, 15) is 4.79 Å². The van der Waals surface area contributed by atoms with Gasteiger partial charge >= 0.3 is 32.7 Å². The third-order valence-electron chi connectivity index (χ3n) is 0.492. The van der Waals surface area contributed by atoms with Crippen LogP contribution in [0.5, 0.6) is 0 Å². The quantitative estimate of drug-likeness (QED) is 0.573. The van der Waals surface area contributed by atoms with Crippen molar-refractivity contribution in [3.63, 3.8) is 0 Å². The summed E-state index contributed by atoms with van der Waals surface area (Å²) in [5.41, 5.74) is 0. The van der Waals surface area contributed by atoms with Crippen LogP contribution in [-0.2, 0) is 37.5 Å². The van der Waals surface area contributed by atoms with Gasteiger partial charge in [-0.3, -0.25) is 6.29 Å². The van der Waals surface area contributed by atoms with E-state index in [0.717, 1.165) is 0 Å². The monoisotopic (exact) mass is 174 g/mol. The molecule has 1 nitrogen and oxygen atoms in total. The molecule has 0 bridgehead atoms. The van der Waals surface area contributed by atoms with Gasteiger partial charge in [-0.2, -0.15) is 6.42 Å². The van der Waals surface area contributed by atoms with Crippen LogP contribution in [0.3, 0.4) is 0 Å². The molecular formula is C5H9OY+2. The summed E-state index contributed by atoms with van der Waals surface area (Å²) in [7, 11) is 0. The van der Waals surface area contributed by atoms with Crippen LogP contribution in [0.1, 0.15) is 20.3 Å². The van der Waals surface area contributed by atoms with E-state index >= 15 is 0 Å². The Morgan fingerprint density at radius 3 is 2.00 bits per heavy atom. The minimum absolute atomic E-state index is 0. The van der Waals surface area contributed by atoms with E-state index in [1.807, 2.05) is 20.1 Å². The number of hydrogen-bond donors (Lipinski definition) is 0.